The first-order chi connectivity index (χ1) is 6.34. The number of amides is 1. The second-order valence-electron chi connectivity index (χ2n) is 4.09. The summed E-state index contributed by atoms with van der Waals surface area (Å²) in [5.74, 6) is 1.97. The molecule has 0 bridgehead atoms. The minimum atomic E-state index is 0.261. The minimum absolute atomic E-state index is 0.261. The lowest BCUT2D eigenvalue weighted by Crippen LogP contribution is -2.21. The van der Waals surface area contributed by atoms with E-state index in [2.05, 4.69) is 17.5 Å². The number of hydrogen-bond donors (Lipinski definition) is 1. The van der Waals surface area contributed by atoms with Crippen molar-refractivity contribution in [1.29, 1.82) is 0 Å². The summed E-state index contributed by atoms with van der Waals surface area (Å²) in [6, 6.07) is 0. The summed E-state index contributed by atoms with van der Waals surface area (Å²) in [4.78, 5) is 11.4. The van der Waals surface area contributed by atoms with Crippen molar-refractivity contribution in [3.8, 4) is 0 Å². The van der Waals surface area contributed by atoms with Crippen molar-refractivity contribution in [2.24, 2.45) is 17.8 Å². The summed E-state index contributed by atoms with van der Waals surface area (Å²) >= 11 is 0. The highest BCUT2D eigenvalue weighted by Crippen LogP contribution is 2.52. The van der Waals surface area contributed by atoms with Gasteiger partial charge in [-0.15, -0.1) is 0 Å². The van der Waals surface area contributed by atoms with Gasteiger partial charge in [-0.3, -0.25) is 4.79 Å². The molecule has 72 valence electrons. The molecule has 2 unspecified atom stereocenters. The molecule has 2 aliphatic carbocycles. The lowest BCUT2D eigenvalue weighted by atomic mass is 10.1. The first-order valence-corrected chi connectivity index (χ1v) is 5.21. The van der Waals surface area contributed by atoms with E-state index in [4.69, 9.17) is 0 Å². The molecule has 1 N–H and O–H groups in total. The van der Waals surface area contributed by atoms with E-state index < -0.39 is 0 Å². The Morgan fingerprint density at radius 1 is 1.23 bits per heavy atom. The van der Waals surface area contributed by atoms with E-state index in [0.29, 0.717) is 17.8 Å². The van der Waals surface area contributed by atoms with Gasteiger partial charge in [-0.05, 0) is 37.5 Å². The van der Waals surface area contributed by atoms with Crippen LogP contribution in [0.2, 0.25) is 0 Å². The number of carbonyl (C=O) groups excluding carboxylic acids is 1. The molecule has 2 rings (SSSR count). The zero-order valence-corrected chi connectivity index (χ0v) is 8.12. The van der Waals surface area contributed by atoms with Crippen molar-refractivity contribution in [3.63, 3.8) is 0 Å². The Labute approximate surface area is 79.4 Å². The highest BCUT2D eigenvalue weighted by atomic mass is 16.2. The zero-order valence-electron chi connectivity index (χ0n) is 8.12. The number of nitrogens with one attached hydrogen (secondary N) is 1. The smallest absolute Gasteiger partial charge is 0.223 e. The van der Waals surface area contributed by atoms with Crippen LogP contribution >= 0.6 is 0 Å². The maximum absolute atomic E-state index is 11.4. The van der Waals surface area contributed by atoms with Gasteiger partial charge in [-0.1, -0.05) is 12.2 Å². The molecule has 1 fully saturated rings. The number of allylic oxidation sites excluding steroid dienone is 2. The van der Waals surface area contributed by atoms with Gasteiger partial charge in [-0.2, -0.15) is 0 Å². The van der Waals surface area contributed by atoms with Crippen molar-refractivity contribution in [1.82, 2.24) is 5.32 Å². The molecular formula is C11H17NO. The van der Waals surface area contributed by atoms with Gasteiger partial charge in [0.05, 0.1) is 0 Å². The molecule has 0 saturated heterocycles. The summed E-state index contributed by atoms with van der Waals surface area (Å²) in [6.07, 6.45) is 9.26. The van der Waals surface area contributed by atoms with Crippen LogP contribution in [0, 0.1) is 17.8 Å². The van der Waals surface area contributed by atoms with E-state index in [1.54, 1.807) is 7.05 Å². The molecule has 1 amide bonds. The largest absolute Gasteiger partial charge is 0.359 e. The average molecular weight is 179 g/mol. The van der Waals surface area contributed by atoms with Crippen LogP contribution < -0.4 is 5.32 Å². The normalized spacial score (nSPS) is 37.2. The molecule has 0 aromatic heterocycles. The van der Waals surface area contributed by atoms with Gasteiger partial charge in [0.15, 0.2) is 0 Å². The highest BCUT2D eigenvalue weighted by molar-refractivity contribution is 5.81. The average Bonchev–Trinajstić information content (AvgIpc) is 2.75. The van der Waals surface area contributed by atoms with Crippen LogP contribution in [0.25, 0.3) is 0 Å². The van der Waals surface area contributed by atoms with E-state index in [1.807, 2.05) is 0 Å². The lowest BCUT2D eigenvalue weighted by molar-refractivity contribution is -0.122. The Balaban J connectivity index is 1.95. The van der Waals surface area contributed by atoms with Crippen LogP contribution in [0.4, 0.5) is 0 Å². The maximum atomic E-state index is 11.4. The van der Waals surface area contributed by atoms with Crippen molar-refractivity contribution < 1.29 is 4.79 Å². The third kappa shape index (κ3) is 1.62. The summed E-state index contributed by atoms with van der Waals surface area (Å²) in [7, 11) is 1.74. The Bertz CT molecular complexity index is 218. The van der Waals surface area contributed by atoms with Gasteiger partial charge >= 0.3 is 0 Å². The van der Waals surface area contributed by atoms with Crippen molar-refractivity contribution >= 4 is 5.91 Å². The molecule has 0 aromatic carbocycles. The van der Waals surface area contributed by atoms with Crippen LogP contribution in [0.5, 0.6) is 0 Å². The SMILES string of the molecule is CNC(=O)C1C2CCC=CCCC21. The molecule has 2 aliphatic rings. The number of rotatable bonds is 1. The standard InChI is InChI=1S/C11H17NO/c1-12-11(13)10-8-6-4-2-3-5-7-9(8)10/h2-3,8-10H,4-7H2,1H3,(H,12,13). The Morgan fingerprint density at radius 3 is 2.23 bits per heavy atom. The minimum Gasteiger partial charge on any atom is -0.359 e. The fourth-order valence-corrected chi connectivity index (χ4v) is 2.60. The number of carbonyl (C=O) groups is 1. The molecule has 0 heterocycles. The third-order valence-electron chi connectivity index (χ3n) is 3.38. The topological polar surface area (TPSA) is 29.1 Å². The van der Waals surface area contributed by atoms with Crippen LogP contribution in [0.15, 0.2) is 12.2 Å². The van der Waals surface area contributed by atoms with Crippen LogP contribution in [-0.4, -0.2) is 13.0 Å². The quantitative estimate of drug-likeness (QED) is 0.610. The van der Waals surface area contributed by atoms with E-state index in [9.17, 15) is 4.79 Å². The zero-order chi connectivity index (χ0) is 9.26. The summed E-state index contributed by atoms with van der Waals surface area (Å²) in [5.41, 5.74) is 0. The van der Waals surface area contributed by atoms with Crippen molar-refractivity contribution in [2.45, 2.75) is 25.7 Å². The monoisotopic (exact) mass is 179 g/mol. The molecule has 0 radical (unpaired) electrons. The van der Waals surface area contributed by atoms with Gasteiger partial charge in [-0.25, -0.2) is 0 Å². The molecule has 0 aromatic rings. The molecule has 1 saturated carbocycles. The van der Waals surface area contributed by atoms with Crippen LogP contribution in [-0.2, 0) is 4.79 Å². The van der Waals surface area contributed by atoms with Crippen LogP contribution in [0.3, 0.4) is 0 Å². The predicted molar refractivity (Wildman–Crippen MR) is 52.1 cm³/mol. The van der Waals surface area contributed by atoms with E-state index >= 15 is 0 Å². The summed E-state index contributed by atoms with van der Waals surface area (Å²) in [6.45, 7) is 0. The number of hydrogen-bond acceptors (Lipinski definition) is 1. The Kier molecular flexibility index (Phi) is 2.38. The maximum Gasteiger partial charge on any atom is 0.223 e. The molecule has 2 nitrogen and oxygen atoms in total. The predicted octanol–water partition coefficient (Wildman–Crippen LogP) is 1.72. The van der Waals surface area contributed by atoms with Gasteiger partial charge in [0.1, 0.15) is 0 Å². The van der Waals surface area contributed by atoms with E-state index in [-0.39, 0.29) is 5.91 Å². The second-order valence-corrected chi connectivity index (χ2v) is 4.09. The molecular weight excluding hydrogens is 162 g/mol. The van der Waals surface area contributed by atoms with Crippen molar-refractivity contribution in [3.05, 3.63) is 12.2 Å². The fraction of sp³-hybridized carbons (Fsp3) is 0.727. The van der Waals surface area contributed by atoms with Gasteiger partial charge in [0.25, 0.3) is 0 Å². The second kappa shape index (κ2) is 3.52. The van der Waals surface area contributed by atoms with E-state index in [0.717, 1.165) is 12.8 Å². The molecule has 0 aliphatic heterocycles. The van der Waals surface area contributed by atoms with Gasteiger partial charge < -0.3 is 5.32 Å². The first-order valence-electron chi connectivity index (χ1n) is 5.21. The van der Waals surface area contributed by atoms with Gasteiger partial charge in [0.2, 0.25) is 5.91 Å². The third-order valence-corrected chi connectivity index (χ3v) is 3.38. The summed E-state index contributed by atoms with van der Waals surface area (Å²) < 4.78 is 0. The fourth-order valence-electron chi connectivity index (χ4n) is 2.60. The lowest BCUT2D eigenvalue weighted by Gasteiger charge is -1.99. The molecule has 2 atom stereocenters. The Hall–Kier alpha value is -0.790. The Morgan fingerprint density at radius 2 is 1.77 bits per heavy atom. The van der Waals surface area contributed by atoms with Crippen molar-refractivity contribution in [2.75, 3.05) is 7.05 Å². The number of fused-ring (bicyclic) bond motifs is 1. The van der Waals surface area contributed by atoms with E-state index in [1.165, 1.54) is 12.8 Å². The first kappa shape index (κ1) is 8.79. The van der Waals surface area contributed by atoms with Gasteiger partial charge in [0, 0.05) is 13.0 Å². The summed E-state index contributed by atoms with van der Waals surface area (Å²) in [5, 5.41) is 2.76. The van der Waals surface area contributed by atoms with Crippen LogP contribution in [0.1, 0.15) is 25.7 Å². The highest BCUT2D eigenvalue weighted by Gasteiger charge is 2.52. The molecule has 13 heavy (non-hydrogen) atoms. The molecule has 2 heteroatoms. The molecule has 0 spiro atoms.